The molecule has 4 saturated carbocycles. The number of allylic oxidation sites excluding steroid dienone is 4. The summed E-state index contributed by atoms with van der Waals surface area (Å²) in [5.74, 6) is 1.33. The fourth-order valence-corrected chi connectivity index (χ4v) is 9.30. The number of unbranched alkanes of at least 4 members (excludes halogenated alkanes) is 9. The number of carbonyl (C=O) groups excluding carboxylic acids is 3. The lowest BCUT2D eigenvalue weighted by Gasteiger charge is -2.56. The minimum atomic E-state index is -0.365. The highest BCUT2D eigenvalue weighted by atomic mass is 16.6. The van der Waals surface area contributed by atoms with E-state index < -0.39 is 0 Å². The number of ether oxygens (including phenoxy) is 4. The molecule has 8 heteroatoms. The standard InChI is InChI=1S/C43H71NO7/c1-2-3-4-5-6-7-8-9-10-11-12-13-14-15-16-19-40(45)49-33-39(34-50-41(46)20-17-18-21-44-22-24-48-25-23-44)35-51-42(47)32-43-29-36-26-37(30-43)28-38(27-36)31-43/h6-7,9-10,36-39H,2-5,8,11-35H2,1H3/b7-6-,10-9-. The van der Waals surface area contributed by atoms with Gasteiger partial charge in [-0.1, -0.05) is 63.3 Å². The molecular weight excluding hydrogens is 642 g/mol. The third-order valence-electron chi connectivity index (χ3n) is 11.7. The van der Waals surface area contributed by atoms with Crippen molar-refractivity contribution < 1.29 is 33.3 Å². The Hall–Kier alpha value is -2.19. The molecule has 0 aromatic rings. The average molecular weight is 714 g/mol. The lowest BCUT2D eigenvalue weighted by Crippen LogP contribution is -2.47. The smallest absolute Gasteiger partial charge is 0.306 e. The van der Waals surface area contributed by atoms with Crippen LogP contribution in [0, 0.1) is 29.1 Å². The molecule has 1 atom stereocenters. The molecular formula is C43H71NO7. The minimum Gasteiger partial charge on any atom is -0.465 e. The van der Waals surface area contributed by atoms with Crippen molar-refractivity contribution in [3.63, 3.8) is 0 Å². The molecule has 5 rings (SSSR count). The molecule has 4 bridgehead atoms. The maximum Gasteiger partial charge on any atom is 0.306 e. The molecule has 51 heavy (non-hydrogen) atoms. The fourth-order valence-electron chi connectivity index (χ4n) is 9.30. The van der Waals surface area contributed by atoms with Gasteiger partial charge in [0.15, 0.2) is 0 Å². The zero-order valence-corrected chi connectivity index (χ0v) is 32.1. The van der Waals surface area contributed by atoms with E-state index in [0.717, 1.165) is 115 Å². The molecule has 1 unspecified atom stereocenters. The van der Waals surface area contributed by atoms with E-state index in [9.17, 15) is 14.4 Å². The van der Waals surface area contributed by atoms with Crippen LogP contribution in [0.3, 0.4) is 0 Å². The van der Waals surface area contributed by atoms with Gasteiger partial charge in [-0.05, 0) is 120 Å². The first-order valence-electron chi connectivity index (χ1n) is 21.0. The second kappa shape index (κ2) is 24.2. The molecule has 0 aromatic heterocycles. The molecule has 0 spiro atoms. The van der Waals surface area contributed by atoms with Gasteiger partial charge in [0.05, 0.1) is 25.6 Å². The highest BCUT2D eigenvalue weighted by molar-refractivity contribution is 5.71. The lowest BCUT2D eigenvalue weighted by molar-refractivity contribution is -0.157. The first-order valence-corrected chi connectivity index (χ1v) is 21.0. The van der Waals surface area contributed by atoms with Gasteiger partial charge in [0.1, 0.15) is 19.8 Å². The average Bonchev–Trinajstić information content (AvgIpc) is 3.11. The molecule has 5 fully saturated rings. The van der Waals surface area contributed by atoms with Crippen LogP contribution in [0.15, 0.2) is 24.3 Å². The summed E-state index contributed by atoms with van der Waals surface area (Å²) in [5, 5.41) is 0. The third kappa shape index (κ3) is 17.0. The molecule has 0 radical (unpaired) electrons. The lowest BCUT2D eigenvalue weighted by atomic mass is 9.49. The Kier molecular flexibility index (Phi) is 19.7. The first kappa shape index (κ1) is 41.6. The maximum atomic E-state index is 13.1. The van der Waals surface area contributed by atoms with Gasteiger partial charge in [-0.15, -0.1) is 0 Å². The number of carbonyl (C=O) groups is 3. The number of nitrogens with zero attached hydrogens (tertiary/aromatic N) is 1. The number of rotatable bonds is 27. The summed E-state index contributed by atoms with van der Waals surface area (Å²) >= 11 is 0. The highest BCUT2D eigenvalue weighted by Crippen LogP contribution is 2.61. The number of hydrogen-bond acceptors (Lipinski definition) is 8. The maximum absolute atomic E-state index is 13.1. The van der Waals surface area contributed by atoms with Crippen molar-refractivity contribution in [2.75, 3.05) is 52.7 Å². The summed E-state index contributed by atoms with van der Waals surface area (Å²) in [6.07, 6.45) is 32.0. The Morgan fingerprint density at radius 1 is 0.667 bits per heavy atom. The summed E-state index contributed by atoms with van der Waals surface area (Å²) in [4.78, 5) is 40.7. The zero-order valence-electron chi connectivity index (χ0n) is 32.1. The van der Waals surface area contributed by atoms with Crippen LogP contribution in [0.5, 0.6) is 0 Å². The van der Waals surface area contributed by atoms with Crippen LogP contribution in [0.2, 0.25) is 0 Å². The van der Waals surface area contributed by atoms with E-state index in [1.807, 2.05) is 0 Å². The fraction of sp³-hybridized carbons (Fsp3) is 0.837. The molecule has 8 nitrogen and oxygen atoms in total. The largest absolute Gasteiger partial charge is 0.465 e. The van der Waals surface area contributed by atoms with Gasteiger partial charge in [-0.25, -0.2) is 0 Å². The van der Waals surface area contributed by atoms with Crippen LogP contribution in [0.1, 0.15) is 148 Å². The predicted molar refractivity (Wildman–Crippen MR) is 202 cm³/mol. The molecule has 290 valence electrons. The van der Waals surface area contributed by atoms with E-state index in [1.54, 1.807) is 0 Å². The molecule has 0 aromatic carbocycles. The molecule has 1 aliphatic heterocycles. The quantitative estimate of drug-likeness (QED) is 0.0360. The Morgan fingerprint density at radius 3 is 1.76 bits per heavy atom. The second-order valence-electron chi connectivity index (χ2n) is 16.4. The highest BCUT2D eigenvalue weighted by Gasteiger charge is 2.51. The Morgan fingerprint density at radius 2 is 1.18 bits per heavy atom. The summed E-state index contributed by atoms with van der Waals surface area (Å²) in [5.41, 5.74) is 0.114. The van der Waals surface area contributed by atoms with Crippen LogP contribution in [-0.4, -0.2) is 75.5 Å². The van der Waals surface area contributed by atoms with Crippen molar-refractivity contribution in [3.05, 3.63) is 24.3 Å². The van der Waals surface area contributed by atoms with Crippen molar-refractivity contribution in [2.24, 2.45) is 29.1 Å². The summed E-state index contributed by atoms with van der Waals surface area (Å²) in [6, 6.07) is 0. The van der Waals surface area contributed by atoms with Gasteiger partial charge in [0.25, 0.3) is 0 Å². The number of esters is 3. The molecule has 1 saturated heterocycles. The monoisotopic (exact) mass is 714 g/mol. The van der Waals surface area contributed by atoms with Gasteiger partial charge in [-0.3, -0.25) is 19.3 Å². The van der Waals surface area contributed by atoms with E-state index in [2.05, 4.69) is 36.1 Å². The first-order chi connectivity index (χ1) is 24.9. The molecule has 0 amide bonds. The van der Waals surface area contributed by atoms with Crippen LogP contribution in [0.25, 0.3) is 0 Å². The van der Waals surface area contributed by atoms with Crippen molar-refractivity contribution in [1.29, 1.82) is 0 Å². The van der Waals surface area contributed by atoms with Gasteiger partial charge in [0.2, 0.25) is 0 Å². The topological polar surface area (TPSA) is 91.4 Å². The minimum absolute atomic E-state index is 0.0872. The second-order valence-corrected chi connectivity index (χ2v) is 16.4. The van der Waals surface area contributed by atoms with Crippen molar-refractivity contribution >= 4 is 17.9 Å². The SMILES string of the molecule is CCCCC/C=C\C/C=C\CCCCCCCC(=O)OCC(COC(=O)CCCCN1CCOCC1)COC(=O)CC12CC3CC(CC(C3)C1)C2. The van der Waals surface area contributed by atoms with Gasteiger partial charge in [-0.2, -0.15) is 0 Å². The Balaban J connectivity index is 1.09. The van der Waals surface area contributed by atoms with E-state index in [4.69, 9.17) is 18.9 Å². The predicted octanol–water partition coefficient (Wildman–Crippen LogP) is 9.15. The van der Waals surface area contributed by atoms with Crippen molar-refractivity contribution in [2.45, 2.75) is 148 Å². The van der Waals surface area contributed by atoms with E-state index >= 15 is 0 Å². The van der Waals surface area contributed by atoms with Gasteiger partial charge in [0, 0.05) is 25.9 Å². The van der Waals surface area contributed by atoms with Crippen LogP contribution < -0.4 is 0 Å². The van der Waals surface area contributed by atoms with Crippen molar-refractivity contribution in [1.82, 2.24) is 4.90 Å². The van der Waals surface area contributed by atoms with E-state index in [-0.39, 0.29) is 49.1 Å². The van der Waals surface area contributed by atoms with Crippen LogP contribution in [0.4, 0.5) is 0 Å². The molecule has 5 aliphatic rings. The third-order valence-corrected chi connectivity index (χ3v) is 11.7. The van der Waals surface area contributed by atoms with E-state index in [0.29, 0.717) is 19.3 Å². The molecule has 0 N–H and O–H groups in total. The van der Waals surface area contributed by atoms with Gasteiger partial charge < -0.3 is 18.9 Å². The Bertz CT molecular complexity index is 1030. The number of hydrogen-bond donors (Lipinski definition) is 0. The summed E-state index contributed by atoms with van der Waals surface area (Å²) < 4.78 is 22.5. The van der Waals surface area contributed by atoms with Gasteiger partial charge >= 0.3 is 17.9 Å². The zero-order chi connectivity index (χ0) is 36.0. The number of morpholine rings is 1. The van der Waals surface area contributed by atoms with Crippen LogP contribution >= 0.6 is 0 Å². The molecule has 1 heterocycles. The van der Waals surface area contributed by atoms with Crippen LogP contribution in [-0.2, 0) is 33.3 Å². The van der Waals surface area contributed by atoms with E-state index in [1.165, 1.54) is 57.8 Å². The normalized spacial score (nSPS) is 25.1. The van der Waals surface area contributed by atoms with Crippen molar-refractivity contribution in [3.8, 4) is 0 Å². The Labute approximate surface area is 309 Å². The summed E-state index contributed by atoms with van der Waals surface area (Å²) in [7, 11) is 0. The summed E-state index contributed by atoms with van der Waals surface area (Å²) in [6.45, 7) is 6.92. The molecule has 4 aliphatic carbocycles.